The summed E-state index contributed by atoms with van der Waals surface area (Å²) in [4.78, 5) is 27.5. The average molecular weight is 419 g/mol. The van der Waals surface area contributed by atoms with Crippen molar-refractivity contribution in [3.8, 4) is 11.6 Å². The van der Waals surface area contributed by atoms with Gasteiger partial charge in [-0.3, -0.25) is 9.59 Å². The first-order valence-corrected chi connectivity index (χ1v) is 8.70. The van der Waals surface area contributed by atoms with E-state index >= 15 is 0 Å². The minimum absolute atomic E-state index is 0.0200. The van der Waals surface area contributed by atoms with Gasteiger partial charge in [0.15, 0.2) is 0 Å². The third-order valence-corrected chi connectivity index (χ3v) is 3.85. The van der Waals surface area contributed by atoms with Crippen LogP contribution in [0.5, 0.6) is 11.6 Å². The van der Waals surface area contributed by atoms with E-state index in [0.717, 1.165) is 12.1 Å². The maximum Gasteiger partial charge on any atom is 0.417 e. The third-order valence-electron chi connectivity index (χ3n) is 3.85. The van der Waals surface area contributed by atoms with Gasteiger partial charge in [0.2, 0.25) is 11.8 Å². The predicted octanol–water partition coefficient (Wildman–Crippen LogP) is 3.53. The standard InChI is InChI=1S/C20H16F3N3O4/c21-20(22,23)14-5-8-18(25-10-14)30-15-6-3-13(4-7-15)19(28)26-12-17(27)24-11-16-2-1-9-29-16/h1-10H,11-12H2,(H,24,27)(H,26,28). The molecule has 0 aliphatic carbocycles. The van der Waals surface area contributed by atoms with Crippen LogP contribution in [0.4, 0.5) is 13.2 Å². The van der Waals surface area contributed by atoms with Crippen LogP contribution in [0.1, 0.15) is 21.7 Å². The van der Waals surface area contributed by atoms with E-state index in [4.69, 9.17) is 9.15 Å². The van der Waals surface area contributed by atoms with E-state index in [0.29, 0.717) is 12.0 Å². The lowest BCUT2D eigenvalue weighted by Gasteiger charge is -2.09. The molecule has 0 unspecified atom stereocenters. The fraction of sp³-hybridized carbons (Fsp3) is 0.150. The Bertz CT molecular complexity index is 986. The molecule has 0 saturated heterocycles. The topological polar surface area (TPSA) is 93.5 Å². The number of carbonyl (C=O) groups excluding carboxylic acids is 2. The number of ether oxygens (including phenoxy) is 1. The molecule has 0 aliphatic heterocycles. The van der Waals surface area contributed by atoms with Crippen LogP contribution in [0, 0.1) is 0 Å². The number of hydrogen-bond acceptors (Lipinski definition) is 5. The van der Waals surface area contributed by atoms with Crippen LogP contribution >= 0.6 is 0 Å². The van der Waals surface area contributed by atoms with Crippen molar-refractivity contribution in [2.45, 2.75) is 12.7 Å². The molecule has 3 rings (SSSR count). The second-order valence-electron chi connectivity index (χ2n) is 6.05. The smallest absolute Gasteiger partial charge is 0.417 e. The number of rotatable bonds is 7. The normalized spacial score (nSPS) is 11.0. The number of furan rings is 1. The zero-order valence-electron chi connectivity index (χ0n) is 15.4. The summed E-state index contributed by atoms with van der Waals surface area (Å²) in [5.41, 5.74) is -0.600. The van der Waals surface area contributed by atoms with E-state index in [1.54, 1.807) is 12.1 Å². The van der Waals surface area contributed by atoms with Gasteiger partial charge in [-0.05, 0) is 42.5 Å². The van der Waals surface area contributed by atoms with Gasteiger partial charge < -0.3 is 19.8 Å². The summed E-state index contributed by atoms with van der Waals surface area (Å²) in [6, 6.07) is 11.2. The van der Waals surface area contributed by atoms with Crippen LogP contribution in [-0.4, -0.2) is 23.3 Å². The third kappa shape index (κ3) is 5.84. The Morgan fingerprint density at radius 3 is 2.40 bits per heavy atom. The van der Waals surface area contributed by atoms with Crippen molar-refractivity contribution < 1.29 is 31.9 Å². The molecule has 0 spiro atoms. The van der Waals surface area contributed by atoms with Gasteiger partial charge in [0.25, 0.3) is 5.91 Å². The Hall–Kier alpha value is -3.82. The molecule has 30 heavy (non-hydrogen) atoms. The van der Waals surface area contributed by atoms with E-state index in [9.17, 15) is 22.8 Å². The van der Waals surface area contributed by atoms with Gasteiger partial charge in [-0.25, -0.2) is 4.98 Å². The minimum Gasteiger partial charge on any atom is -0.467 e. The number of amides is 2. The number of nitrogens with one attached hydrogen (secondary N) is 2. The molecule has 0 bridgehead atoms. The minimum atomic E-state index is -4.48. The highest BCUT2D eigenvalue weighted by molar-refractivity contribution is 5.96. The van der Waals surface area contributed by atoms with Crippen molar-refractivity contribution in [3.05, 3.63) is 77.9 Å². The number of aromatic nitrogens is 1. The molecule has 2 N–H and O–H groups in total. The molecule has 2 amide bonds. The second kappa shape index (κ2) is 9.12. The Morgan fingerprint density at radius 1 is 1.03 bits per heavy atom. The Labute approximate surface area is 168 Å². The van der Waals surface area contributed by atoms with Gasteiger partial charge >= 0.3 is 6.18 Å². The maximum atomic E-state index is 12.5. The number of halogens is 3. The van der Waals surface area contributed by atoms with Gasteiger partial charge in [0, 0.05) is 17.8 Å². The van der Waals surface area contributed by atoms with Crippen molar-refractivity contribution in [2.24, 2.45) is 0 Å². The summed E-state index contributed by atoms with van der Waals surface area (Å²) in [6.45, 7) is -0.001000. The van der Waals surface area contributed by atoms with Gasteiger partial charge in [-0.1, -0.05) is 0 Å². The molecular weight excluding hydrogens is 403 g/mol. The summed E-state index contributed by atoms with van der Waals surface area (Å²) < 4.78 is 48.1. The van der Waals surface area contributed by atoms with E-state index in [1.165, 1.54) is 30.5 Å². The quantitative estimate of drug-likeness (QED) is 0.611. The maximum absolute atomic E-state index is 12.5. The van der Waals surface area contributed by atoms with E-state index < -0.39 is 17.6 Å². The predicted molar refractivity (Wildman–Crippen MR) is 98.6 cm³/mol. The summed E-state index contributed by atoms with van der Waals surface area (Å²) >= 11 is 0. The van der Waals surface area contributed by atoms with Crippen molar-refractivity contribution in [2.75, 3.05) is 6.54 Å². The second-order valence-corrected chi connectivity index (χ2v) is 6.05. The molecule has 0 aliphatic rings. The highest BCUT2D eigenvalue weighted by Crippen LogP contribution is 2.30. The number of alkyl halides is 3. The Kier molecular flexibility index (Phi) is 6.35. The summed E-state index contributed by atoms with van der Waals surface area (Å²) in [6.07, 6.45) is -2.31. The lowest BCUT2D eigenvalue weighted by atomic mass is 10.2. The molecule has 156 valence electrons. The van der Waals surface area contributed by atoms with Crippen LogP contribution in [-0.2, 0) is 17.5 Å². The van der Waals surface area contributed by atoms with Crippen LogP contribution in [0.25, 0.3) is 0 Å². The molecule has 0 atom stereocenters. The van der Waals surface area contributed by atoms with Crippen LogP contribution in [0.2, 0.25) is 0 Å². The first-order chi connectivity index (χ1) is 14.3. The zero-order valence-corrected chi connectivity index (χ0v) is 15.4. The monoisotopic (exact) mass is 419 g/mol. The highest BCUT2D eigenvalue weighted by atomic mass is 19.4. The number of nitrogens with zero attached hydrogens (tertiary/aromatic N) is 1. The SMILES string of the molecule is O=C(CNC(=O)c1ccc(Oc2ccc(C(F)(F)F)cn2)cc1)NCc1ccco1. The molecule has 0 saturated carbocycles. The molecule has 1 aromatic carbocycles. The van der Waals surface area contributed by atoms with Gasteiger partial charge in [0.1, 0.15) is 11.5 Å². The van der Waals surface area contributed by atoms with E-state index in [2.05, 4.69) is 15.6 Å². The lowest BCUT2D eigenvalue weighted by Crippen LogP contribution is -2.36. The first kappa shape index (κ1) is 20.9. The summed E-state index contributed by atoms with van der Waals surface area (Å²) in [5.74, 6) is 0.00617. The van der Waals surface area contributed by atoms with E-state index in [-0.39, 0.29) is 36.2 Å². The Morgan fingerprint density at radius 2 is 1.80 bits per heavy atom. The largest absolute Gasteiger partial charge is 0.467 e. The van der Waals surface area contributed by atoms with E-state index in [1.807, 2.05) is 0 Å². The molecule has 7 nitrogen and oxygen atoms in total. The number of benzene rings is 1. The van der Waals surface area contributed by atoms with Crippen LogP contribution < -0.4 is 15.4 Å². The highest BCUT2D eigenvalue weighted by Gasteiger charge is 2.30. The molecule has 3 aromatic rings. The fourth-order valence-corrected chi connectivity index (χ4v) is 2.33. The molecular formula is C20H16F3N3O4. The van der Waals surface area contributed by atoms with Crippen molar-refractivity contribution in [1.29, 1.82) is 0 Å². The molecule has 2 aromatic heterocycles. The molecule has 0 radical (unpaired) electrons. The summed E-state index contributed by atoms with van der Waals surface area (Å²) in [5, 5.41) is 5.07. The Balaban J connectivity index is 1.48. The summed E-state index contributed by atoms with van der Waals surface area (Å²) in [7, 11) is 0. The lowest BCUT2D eigenvalue weighted by molar-refractivity contribution is -0.137. The van der Waals surface area contributed by atoms with Crippen molar-refractivity contribution in [1.82, 2.24) is 15.6 Å². The number of hydrogen-bond donors (Lipinski definition) is 2. The first-order valence-electron chi connectivity index (χ1n) is 8.70. The van der Waals surface area contributed by atoms with Crippen molar-refractivity contribution >= 4 is 11.8 Å². The molecule has 2 heterocycles. The average Bonchev–Trinajstić information content (AvgIpc) is 3.24. The van der Waals surface area contributed by atoms with Gasteiger partial charge in [-0.2, -0.15) is 13.2 Å². The number of carbonyl (C=O) groups is 2. The fourth-order valence-electron chi connectivity index (χ4n) is 2.33. The number of pyridine rings is 1. The molecule has 0 fully saturated rings. The van der Waals surface area contributed by atoms with Crippen LogP contribution in [0.3, 0.4) is 0 Å². The van der Waals surface area contributed by atoms with Crippen molar-refractivity contribution in [3.63, 3.8) is 0 Å². The van der Waals surface area contributed by atoms with Gasteiger partial charge in [-0.15, -0.1) is 0 Å². The molecule has 10 heteroatoms. The van der Waals surface area contributed by atoms with Crippen LogP contribution in [0.15, 0.2) is 65.4 Å². The van der Waals surface area contributed by atoms with Gasteiger partial charge in [0.05, 0.1) is 24.9 Å². The zero-order chi connectivity index (χ0) is 21.6.